The maximum absolute atomic E-state index is 12.6. The second-order valence-electron chi connectivity index (χ2n) is 4.22. The van der Waals surface area contributed by atoms with Crippen molar-refractivity contribution in [2.24, 2.45) is 5.16 Å². The minimum atomic E-state index is -2.85. The fraction of sp³-hybridized carbons (Fsp3) is 0.833. The highest BCUT2D eigenvalue weighted by Gasteiger charge is 2.37. The predicted molar refractivity (Wildman–Crippen MR) is 104 cm³/mol. The number of carbonyl (C=O) groups excluding carboxylic acids is 1. The van der Waals surface area contributed by atoms with Gasteiger partial charge in [-0.15, -0.1) is 11.8 Å². The fourth-order valence-electron chi connectivity index (χ4n) is 1.39. The lowest BCUT2D eigenvalue weighted by atomic mass is 10.5. The van der Waals surface area contributed by atoms with E-state index in [4.69, 9.17) is 20.9 Å². The maximum Gasteiger partial charge on any atom is 0.437 e. The summed E-state index contributed by atoms with van der Waals surface area (Å²) in [5.74, 6) is -0.162. The van der Waals surface area contributed by atoms with Crippen LogP contribution in [0.1, 0.15) is 34.1 Å². The van der Waals surface area contributed by atoms with Gasteiger partial charge < -0.3 is 13.6 Å². The molecule has 0 radical (unpaired) electrons. The molecular formula is C12H26N3O5PS3. The molecule has 0 heterocycles. The minimum absolute atomic E-state index is 0.162. The molecule has 0 aromatic carbocycles. The van der Waals surface area contributed by atoms with E-state index in [1.165, 1.54) is 15.8 Å². The van der Waals surface area contributed by atoms with Crippen LogP contribution in [0.2, 0.25) is 0 Å². The second kappa shape index (κ2) is 13.3. The third-order valence-electron chi connectivity index (χ3n) is 2.40. The highest BCUT2D eigenvalue weighted by molar-refractivity contribution is 8.13. The van der Waals surface area contributed by atoms with Crippen molar-refractivity contribution in [3.8, 4) is 0 Å². The summed E-state index contributed by atoms with van der Waals surface area (Å²) in [7, 11) is 0. The molecule has 1 unspecified atom stereocenters. The number of hydrogen-bond donors (Lipinski definition) is 1. The van der Waals surface area contributed by atoms with E-state index in [1.807, 2.05) is 13.2 Å². The molecule has 0 spiro atoms. The molecular weight excluding hydrogens is 393 g/mol. The topological polar surface area (TPSA) is 95.5 Å². The van der Waals surface area contributed by atoms with Crippen LogP contribution in [0.15, 0.2) is 5.16 Å². The van der Waals surface area contributed by atoms with Crippen LogP contribution in [0.4, 0.5) is 4.79 Å². The molecule has 0 aliphatic rings. The molecule has 1 atom stereocenters. The van der Waals surface area contributed by atoms with Crippen molar-refractivity contribution in [2.75, 3.05) is 31.9 Å². The van der Waals surface area contributed by atoms with E-state index in [1.54, 1.807) is 20.8 Å². The van der Waals surface area contributed by atoms with E-state index in [-0.39, 0.29) is 5.88 Å². The predicted octanol–water partition coefficient (Wildman–Crippen LogP) is 3.04. The van der Waals surface area contributed by atoms with Crippen LogP contribution >= 0.6 is 18.4 Å². The average Bonchev–Trinajstić information content (AvgIpc) is 2.55. The summed E-state index contributed by atoms with van der Waals surface area (Å²) < 4.78 is 25.2. The first-order valence-corrected chi connectivity index (χ1v) is 12.5. The van der Waals surface area contributed by atoms with Crippen LogP contribution in [0, 0.1) is 0 Å². The summed E-state index contributed by atoms with van der Waals surface area (Å²) in [5.41, 5.74) is 0. The third kappa shape index (κ3) is 9.00. The second-order valence-corrected chi connectivity index (χ2v) is 10.2. The Morgan fingerprint density at radius 1 is 1.38 bits per heavy atom. The van der Waals surface area contributed by atoms with Crippen molar-refractivity contribution < 1.29 is 23.2 Å². The van der Waals surface area contributed by atoms with Crippen LogP contribution in [0.25, 0.3) is 0 Å². The Morgan fingerprint density at radius 2 is 1.96 bits per heavy atom. The molecule has 1 amide bonds. The van der Waals surface area contributed by atoms with Crippen LogP contribution in [-0.2, 0) is 37.1 Å². The van der Waals surface area contributed by atoms with Gasteiger partial charge in [-0.3, -0.25) is 10.2 Å². The van der Waals surface area contributed by atoms with Gasteiger partial charge in [-0.05, 0) is 49.3 Å². The van der Waals surface area contributed by atoms with E-state index >= 15 is 0 Å². The number of carbonyl (C=O) groups is 1. The fourth-order valence-corrected chi connectivity index (χ4v) is 6.60. The molecule has 0 rings (SSSR count). The molecule has 0 bridgehead atoms. The van der Waals surface area contributed by atoms with Crippen LogP contribution in [0.3, 0.4) is 0 Å². The summed E-state index contributed by atoms with van der Waals surface area (Å²) in [6, 6.07) is 0. The van der Waals surface area contributed by atoms with Crippen LogP contribution in [0.5, 0.6) is 0 Å². The summed E-state index contributed by atoms with van der Waals surface area (Å²) in [5, 5.41) is 6.60. The van der Waals surface area contributed by atoms with E-state index < -0.39 is 24.1 Å². The number of rotatable bonds is 11. The van der Waals surface area contributed by atoms with Crippen molar-refractivity contribution in [3.05, 3.63) is 0 Å². The zero-order chi connectivity index (χ0) is 18.6. The molecule has 0 aromatic heterocycles. The Labute approximate surface area is 156 Å². The average molecular weight is 420 g/mol. The van der Waals surface area contributed by atoms with Gasteiger partial charge in [0.05, 0.1) is 31.1 Å². The first kappa shape index (κ1) is 24.1. The maximum atomic E-state index is 12.6. The van der Waals surface area contributed by atoms with E-state index in [2.05, 4.69) is 15.3 Å². The number of hydrogen-bond acceptors (Lipinski definition) is 8. The van der Waals surface area contributed by atoms with Gasteiger partial charge in [-0.1, -0.05) is 12.1 Å². The molecule has 0 saturated heterocycles. The van der Waals surface area contributed by atoms with Crippen molar-refractivity contribution in [1.29, 1.82) is 0 Å². The standard InChI is InChI=1S/C12H26N3O5PS3/c1-6-9-15(21(22,18-7-2)19-8-3)24(17)10-13-12(16)20-14-11(4)23-5/h6-10H2,1-5H3,(H,13,16)/b14-11+. The summed E-state index contributed by atoms with van der Waals surface area (Å²) in [6.45, 7) is 5.53. The van der Waals surface area contributed by atoms with Gasteiger partial charge >= 0.3 is 12.7 Å². The van der Waals surface area contributed by atoms with Crippen LogP contribution in [-0.4, -0.2) is 51.7 Å². The normalized spacial score (nSPS) is 13.9. The molecule has 0 aromatic rings. The van der Waals surface area contributed by atoms with Gasteiger partial charge in [-0.2, -0.15) is 0 Å². The molecule has 0 saturated carbocycles. The summed E-state index contributed by atoms with van der Waals surface area (Å²) in [6.07, 6.45) is 1.74. The number of amides is 1. The smallest absolute Gasteiger partial charge is 0.437 e. The first-order valence-electron chi connectivity index (χ1n) is 7.43. The number of nitrogens with one attached hydrogen (secondary N) is 1. The minimum Gasteiger partial charge on any atom is -0.596 e. The molecule has 24 heavy (non-hydrogen) atoms. The Balaban J connectivity index is 4.81. The van der Waals surface area contributed by atoms with Crippen molar-refractivity contribution in [3.63, 3.8) is 0 Å². The number of oxime groups is 1. The Bertz CT molecular complexity index is 446. The monoisotopic (exact) mass is 419 g/mol. The van der Waals surface area contributed by atoms with Gasteiger partial charge in [0.25, 0.3) is 0 Å². The molecule has 0 aliphatic heterocycles. The lowest BCUT2D eigenvalue weighted by molar-refractivity contribution is 0.152. The molecule has 0 fully saturated rings. The lowest BCUT2D eigenvalue weighted by Gasteiger charge is -2.32. The SMILES string of the molecule is CCCN([S+]([O-])CNC(=O)O/N=C(\C)SC)P(=S)(OCC)OCC. The van der Waals surface area contributed by atoms with E-state index in [0.717, 1.165) is 0 Å². The van der Waals surface area contributed by atoms with Crippen LogP contribution < -0.4 is 5.32 Å². The Morgan fingerprint density at radius 3 is 2.42 bits per heavy atom. The molecule has 1 N–H and O–H groups in total. The molecule has 0 aliphatic carbocycles. The Hall–Kier alpha value is 0.130. The van der Waals surface area contributed by atoms with Gasteiger partial charge in [-0.25, -0.2) is 4.79 Å². The van der Waals surface area contributed by atoms with Crippen molar-refractivity contribution in [1.82, 2.24) is 9.39 Å². The summed E-state index contributed by atoms with van der Waals surface area (Å²) >= 11 is 5.22. The molecule has 8 nitrogen and oxygen atoms in total. The first-order chi connectivity index (χ1) is 11.3. The molecule has 12 heteroatoms. The Kier molecular flexibility index (Phi) is 13.4. The van der Waals surface area contributed by atoms with Gasteiger partial charge in [0, 0.05) is 0 Å². The lowest BCUT2D eigenvalue weighted by Crippen LogP contribution is -2.39. The highest BCUT2D eigenvalue weighted by Crippen LogP contribution is 2.54. The van der Waals surface area contributed by atoms with Crippen molar-refractivity contribution in [2.45, 2.75) is 34.1 Å². The van der Waals surface area contributed by atoms with E-state index in [9.17, 15) is 9.35 Å². The third-order valence-corrected chi connectivity index (χ3v) is 8.75. The van der Waals surface area contributed by atoms with E-state index in [0.29, 0.717) is 31.2 Å². The number of thioether (sulfide) groups is 1. The largest absolute Gasteiger partial charge is 0.596 e. The summed E-state index contributed by atoms with van der Waals surface area (Å²) in [4.78, 5) is 16.2. The molecule has 142 valence electrons. The zero-order valence-electron chi connectivity index (χ0n) is 14.6. The van der Waals surface area contributed by atoms with Gasteiger partial charge in [0.2, 0.25) is 5.88 Å². The quantitative estimate of drug-likeness (QED) is 0.136. The van der Waals surface area contributed by atoms with Gasteiger partial charge in [0.15, 0.2) is 0 Å². The van der Waals surface area contributed by atoms with Crippen molar-refractivity contribution >= 4 is 52.7 Å². The zero-order valence-corrected chi connectivity index (χ0v) is 18.0. The van der Waals surface area contributed by atoms with Gasteiger partial charge in [0.1, 0.15) is 5.04 Å². The number of nitrogens with zero attached hydrogens (tertiary/aromatic N) is 2. The highest BCUT2D eigenvalue weighted by atomic mass is 32.5.